The molecule has 0 aliphatic carbocycles. The molecular formula is C18H23N5O3S. The molecule has 3 heterocycles. The van der Waals surface area contributed by atoms with Gasteiger partial charge in [-0.25, -0.2) is 0 Å². The average Bonchev–Trinajstić information content (AvgIpc) is 3.18. The number of carbonyl (C=O) groups excluding carboxylic acids is 1. The maximum Gasteiger partial charge on any atom is 0.233 e. The van der Waals surface area contributed by atoms with Gasteiger partial charge in [0.25, 0.3) is 0 Å². The van der Waals surface area contributed by atoms with Crippen LogP contribution in [-0.2, 0) is 14.3 Å². The van der Waals surface area contributed by atoms with E-state index in [1.54, 1.807) is 0 Å². The first-order valence-corrected chi connectivity index (χ1v) is 10.1. The minimum atomic E-state index is 0.110. The second-order valence-corrected chi connectivity index (χ2v) is 7.28. The van der Waals surface area contributed by atoms with Crippen molar-refractivity contribution in [3.63, 3.8) is 0 Å². The lowest BCUT2D eigenvalue weighted by molar-refractivity contribution is -0.132. The summed E-state index contributed by atoms with van der Waals surface area (Å²) >= 11 is 1.43. The molecule has 2 aromatic rings. The van der Waals surface area contributed by atoms with Gasteiger partial charge in [-0.2, -0.15) is 0 Å². The van der Waals surface area contributed by atoms with E-state index in [0.29, 0.717) is 45.3 Å². The minimum Gasteiger partial charge on any atom is -0.378 e. The van der Waals surface area contributed by atoms with Gasteiger partial charge in [0.2, 0.25) is 11.9 Å². The molecule has 1 amide bonds. The van der Waals surface area contributed by atoms with Gasteiger partial charge in [0, 0.05) is 26.2 Å². The van der Waals surface area contributed by atoms with E-state index in [0.717, 1.165) is 29.9 Å². The summed E-state index contributed by atoms with van der Waals surface area (Å²) in [5, 5.41) is 9.53. The van der Waals surface area contributed by atoms with Crippen LogP contribution in [0.15, 0.2) is 35.5 Å². The number of hydrogen-bond donors (Lipinski definition) is 0. The number of nitrogens with zero attached hydrogens (tertiary/aromatic N) is 5. The van der Waals surface area contributed by atoms with Crippen LogP contribution in [0, 0.1) is 0 Å². The summed E-state index contributed by atoms with van der Waals surface area (Å²) in [5.41, 5.74) is 0.991. The standard InChI is InChI=1S/C18H23N5O3S/c24-16(21-6-10-25-11-7-21)14-27-18-20-19-17(22-8-12-26-13-9-22)23(18)15-4-2-1-3-5-15/h1-5H,6-14H2. The van der Waals surface area contributed by atoms with Gasteiger partial charge in [-0.1, -0.05) is 30.0 Å². The molecule has 27 heavy (non-hydrogen) atoms. The number of benzene rings is 1. The number of amides is 1. The van der Waals surface area contributed by atoms with E-state index in [2.05, 4.69) is 15.1 Å². The zero-order valence-electron chi connectivity index (χ0n) is 15.1. The number of hydrogen-bond acceptors (Lipinski definition) is 7. The van der Waals surface area contributed by atoms with Crippen LogP contribution in [0.1, 0.15) is 0 Å². The number of rotatable bonds is 5. The highest BCUT2D eigenvalue weighted by molar-refractivity contribution is 7.99. The van der Waals surface area contributed by atoms with Gasteiger partial charge in [0.05, 0.1) is 37.9 Å². The number of carbonyl (C=O) groups is 1. The maximum atomic E-state index is 12.5. The first-order valence-electron chi connectivity index (χ1n) is 9.15. The van der Waals surface area contributed by atoms with E-state index in [9.17, 15) is 4.79 Å². The monoisotopic (exact) mass is 389 g/mol. The van der Waals surface area contributed by atoms with Gasteiger partial charge in [0.1, 0.15) is 0 Å². The van der Waals surface area contributed by atoms with Gasteiger partial charge in [-0.3, -0.25) is 9.36 Å². The predicted octanol–water partition coefficient (Wildman–Crippen LogP) is 1.05. The molecule has 0 unspecified atom stereocenters. The van der Waals surface area contributed by atoms with Crippen LogP contribution in [0.4, 0.5) is 5.95 Å². The predicted molar refractivity (Wildman–Crippen MR) is 103 cm³/mol. The van der Waals surface area contributed by atoms with Gasteiger partial charge >= 0.3 is 0 Å². The summed E-state index contributed by atoms with van der Waals surface area (Å²) in [4.78, 5) is 16.5. The highest BCUT2D eigenvalue weighted by atomic mass is 32.2. The lowest BCUT2D eigenvalue weighted by atomic mass is 10.3. The fourth-order valence-corrected chi connectivity index (χ4v) is 4.01. The van der Waals surface area contributed by atoms with Crippen molar-refractivity contribution in [3.05, 3.63) is 30.3 Å². The first-order chi connectivity index (χ1) is 13.3. The van der Waals surface area contributed by atoms with Crippen molar-refractivity contribution < 1.29 is 14.3 Å². The Hall–Kier alpha value is -2.10. The van der Waals surface area contributed by atoms with Crippen molar-refractivity contribution in [3.8, 4) is 5.69 Å². The van der Waals surface area contributed by atoms with Crippen molar-refractivity contribution >= 4 is 23.6 Å². The molecule has 0 atom stereocenters. The van der Waals surface area contributed by atoms with Gasteiger partial charge in [-0.05, 0) is 12.1 Å². The molecule has 4 rings (SSSR count). The van der Waals surface area contributed by atoms with Crippen molar-refractivity contribution in [2.45, 2.75) is 5.16 Å². The molecular weight excluding hydrogens is 366 g/mol. The molecule has 2 aliphatic rings. The van der Waals surface area contributed by atoms with Crippen molar-refractivity contribution in [2.75, 3.05) is 63.3 Å². The Labute approximate surface area is 162 Å². The van der Waals surface area contributed by atoms with E-state index < -0.39 is 0 Å². The average molecular weight is 389 g/mol. The highest BCUT2D eigenvalue weighted by Gasteiger charge is 2.23. The van der Waals surface area contributed by atoms with Crippen LogP contribution >= 0.6 is 11.8 Å². The zero-order chi connectivity index (χ0) is 18.5. The Morgan fingerprint density at radius 3 is 2.33 bits per heavy atom. The molecule has 0 bridgehead atoms. The summed E-state index contributed by atoms with van der Waals surface area (Å²) in [6, 6.07) is 10.0. The molecule has 1 aromatic carbocycles. The Balaban J connectivity index is 1.54. The lowest BCUT2D eigenvalue weighted by Gasteiger charge is -2.28. The molecule has 0 spiro atoms. The third-order valence-electron chi connectivity index (χ3n) is 4.61. The second-order valence-electron chi connectivity index (χ2n) is 6.33. The molecule has 9 heteroatoms. The Morgan fingerprint density at radius 1 is 0.963 bits per heavy atom. The first kappa shape index (κ1) is 18.3. The van der Waals surface area contributed by atoms with Crippen molar-refractivity contribution in [1.82, 2.24) is 19.7 Å². The number of anilines is 1. The zero-order valence-corrected chi connectivity index (χ0v) is 15.9. The quantitative estimate of drug-likeness (QED) is 0.708. The minimum absolute atomic E-state index is 0.110. The van der Waals surface area contributed by atoms with Gasteiger partial charge in [0.15, 0.2) is 5.16 Å². The van der Waals surface area contributed by atoms with Gasteiger partial charge < -0.3 is 19.3 Å². The van der Waals surface area contributed by atoms with Crippen LogP contribution in [-0.4, -0.2) is 83.9 Å². The summed E-state index contributed by atoms with van der Waals surface area (Å²) in [6.45, 7) is 5.45. The van der Waals surface area contributed by atoms with E-state index in [4.69, 9.17) is 9.47 Å². The van der Waals surface area contributed by atoms with Crippen LogP contribution in [0.5, 0.6) is 0 Å². The Bertz CT molecular complexity index is 758. The van der Waals surface area contributed by atoms with Crippen LogP contribution in [0.25, 0.3) is 5.69 Å². The maximum absolute atomic E-state index is 12.5. The summed E-state index contributed by atoms with van der Waals surface area (Å²) < 4.78 is 12.8. The molecule has 0 saturated carbocycles. The molecule has 8 nitrogen and oxygen atoms in total. The van der Waals surface area contributed by atoms with E-state index in [1.165, 1.54) is 11.8 Å². The summed E-state index contributed by atoms with van der Waals surface area (Å²) in [5.74, 6) is 1.25. The number of thioether (sulfide) groups is 1. The fraction of sp³-hybridized carbons (Fsp3) is 0.500. The molecule has 0 N–H and O–H groups in total. The van der Waals surface area contributed by atoms with Crippen molar-refractivity contribution in [2.24, 2.45) is 0 Å². The van der Waals surface area contributed by atoms with E-state index in [-0.39, 0.29) is 5.91 Å². The largest absolute Gasteiger partial charge is 0.378 e. The molecule has 2 fully saturated rings. The lowest BCUT2D eigenvalue weighted by Crippen LogP contribution is -2.41. The number of aromatic nitrogens is 3. The van der Waals surface area contributed by atoms with Crippen LogP contribution in [0.3, 0.4) is 0 Å². The van der Waals surface area contributed by atoms with Gasteiger partial charge in [-0.15, -0.1) is 10.2 Å². The normalized spacial score (nSPS) is 17.9. The fourth-order valence-electron chi connectivity index (χ4n) is 3.16. The Morgan fingerprint density at radius 2 is 1.63 bits per heavy atom. The molecule has 1 aromatic heterocycles. The van der Waals surface area contributed by atoms with Crippen LogP contribution < -0.4 is 4.90 Å². The third-order valence-corrected chi connectivity index (χ3v) is 5.53. The second kappa shape index (κ2) is 8.73. The van der Waals surface area contributed by atoms with E-state index >= 15 is 0 Å². The number of ether oxygens (including phenoxy) is 2. The van der Waals surface area contributed by atoms with Crippen LogP contribution in [0.2, 0.25) is 0 Å². The molecule has 2 saturated heterocycles. The summed E-state index contributed by atoms with van der Waals surface area (Å²) in [6.07, 6.45) is 0. The Kier molecular flexibility index (Phi) is 5.90. The third kappa shape index (κ3) is 4.26. The smallest absolute Gasteiger partial charge is 0.233 e. The van der Waals surface area contributed by atoms with E-state index in [1.807, 2.05) is 39.8 Å². The molecule has 0 radical (unpaired) electrons. The summed E-state index contributed by atoms with van der Waals surface area (Å²) in [7, 11) is 0. The number of morpholine rings is 2. The highest BCUT2D eigenvalue weighted by Crippen LogP contribution is 2.27. The number of para-hydroxylation sites is 1. The molecule has 2 aliphatic heterocycles. The topological polar surface area (TPSA) is 72.7 Å². The van der Waals surface area contributed by atoms with Crippen molar-refractivity contribution in [1.29, 1.82) is 0 Å². The SMILES string of the molecule is O=C(CSc1nnc(N2CCOCC2)n1-c1ccccc1)N1CCOCC1. The molecule has 144 valence electrons.